The van der Waals surface area contributed by atoms with Crippen molar-refractivity contribution in [3.63, 3.8) is 0 Å². The van der Waals surface area contributed by atoms with Crippen LogP contribution in [0, 0.1) is 19.8 Å². The summed E-state index contributed by atoms with van der Waals surface area (Å²) in [7, 11) is 0. The summed E-state index contributed by atoms with van der Waals surface area (Å²) >= 11 is 0. The van der Waals surface area contributed by atoms with Crippen molar-refractivity contribution in [2.24, 2.45) is 5.92 Å². The topological polar surface area (TPSA) is 34.4 Å². The highest BCUT2D eigenvalue weighted by Gasteiger charge is 2.26. The van der Waals surface area contributed by atoms with Crippen molar-refractivity contribution in [2.45, 2.75) is 65.6 Å². The second-order valence-electron chi connectivity index (χ2n) is 6.13. The lowest BCUT2D eigenvalue weighted by atomic mass is 9.94. The van der Waals surface area contributed by atoms with Gasteiger partial charge in [0.05, 0.1) is 6.10 Å². The molecule has 1 saturated heterocycles. The molecule has 0 saturated carbocycles. The third kappa shape index (κ3) is 3.61. The minimum absolute atomic E-state index is 0.341. The molecule has 3 atom stereocenters. The van der Waals surface area contributed by atoms with Gasteiger partial charge < -0.3 is 14.5 Å². The Morgan fingerprint density at radius 2 is 2.00 bits per heavy atom. The van der Waals surface area contributed by atoms with E-state index in [9.17, 15) is 0 Å². The molecule has 108 valence electrons. The van der Waals surface area contributed by atoms with Gasteiger partial charge in [0, 0.05) is 24.3 Å². The quantitative estimate of drug-likeness (QED) is 0.900. The summed E-state index contributed by atoms with van der Waals surface area (Å²) in [6.07, 6.45) is 2.60. The third-order valence-corrected chi connectivity index (χ3v) is 4.09. The van der Waals surface area contributed by atoms with Gasteiger partial charge in [-0.2, -0.15) is 0 Å². The van der Waals surface area contributed by atoms with Crippen molar-refractivity contribution in [3.8, 4) is 0 Å². The van der Waals surface area contributed by atoms with Crippen molar-refractivity contribution < 1.29 is 9.15 Å². The number of furan rings is 1. The summed E-state index contributed by atoms with van der Waals surface area (Å²) in [5, 5.41) is 3.73. The molecule has 2 rings (SSSR count). The van der Waals surface area contributed by atoms with Gasteiger partial charge in [-0.15, -0.1) is 0 Å². The maximum Gasteiger partial charge on any atom is 0.105 e. The highest BCUT2D eigenvalue weighted by Crippen LogP contribution is 2.25. The van der Waals surface area contributed by atoms with E-state index < -0.39 is 0 Å². The molecule has 1 aliphatic rings. The van der Waals surface area contributed by atoms with E-state index in [-0.39, 0.29) is 0 Å². The maximum atomic E-state index is 5.83. The van der Waals surface area contributed by atoms with Crippen LogP contribution in [-0.2, 0) is 4.74 Å². The van der Waals surface area contributed by atoms with E-state index in [1.807, 2.05) is 13.8 Å². The maximum absolute atomic E-state index is 5.83. The van der Waals surface area contributed by atoms with Gasteiger partial charge in [0.25, 0.3) is 0 Å². The molecule has 0 amide bonds. The molecule has 1 aromatic heterocycles. The third-order valence-electron chi connectivity index (χ3n) is 4.09. The summed E-state index contributed by atoms with van der Waals surface area (Å²) < 4.78 is 11.4. The molecule has 0 aromatic carbocycles. The highest BCUT2D eigenvalue weighted by atomic mass is 16.5. The van der Waals surface area contributed by atoms with Crippen LogP contribution in [0.4, 0.5) is 0 Å². The Morgan fingerprint density at radius 1 is 1.26 bits per heavy atom. The number of hydrogen-bond acceptors (Lipinski definition) is 3. The van der Waals surface area contributed by atoms with Crippen LogP contribution >= 0.6 is 0 Å². The largest absolute Gasteiger partial charge is 0.466 e. The average molecular weight is 265 g/mol. The first kappa shape index (κ1) is 14.6. The van der Waals surface area contributed by atoms with Gasteiger partial charge in [-0.05, 0) is 45.6 Å². The van der Waals surface area contributed by atoms with E-state index in [1.54, 1.807) is 0 Å². The Balaban J connectivity index is 1.95. The summed E-state index contributed by atoms with van der Waals surface area (Å²) in [6, 6.07) is 3.03. The van der Waals surface area contributed by atoms with Crippen LogP contribution in [0.25, 0.3) is 0 Å². The van der Waals surface area contributed by atoms with Crippen molar-refractivity contribution >= 4 is 0 Å². The number of aryl methyl sites for hydroxylation is 2. The van der Waals surface area contributed by atoms with E-state index in [1.165, 1.54) is 5.56 Å². The van der Waals surface area contributed by atoms with Crippen molar-refractivity contribution in [1.29, 1.82) is 0 Å². The second-order valence-corrected chi connectivity index (χ2v) is 6.13. The number of hydrogen-bond donors (Lipinski definition) is 1. The van der Waals surface area contributed by atoms with Crippen molar-refractivity contribution in [1.82, 2.24) is 5.32 Å². The first-order valence-electron chi connectivity index (χ1n) is 7.42. The van der Waals surface area contributed by atoms with Gasteiger partial charge in [-0.25, -0.2) is 0 Å². The molecule has 0 bridgehead atoms. The van der Waals surface area contributed by atoms with Crippen LogP contribution in [0.2, 0.25) is 0 Å². The van der Waals surface area contributed by atoms with Gasteiger partial charge in [0.2, 0.25) is 0 Å². The summed E-state index contributed by atoms with van der Waals surface area (Å²) in [5.41, 5.74) is 1.28. The monoisotopic (exact) mass is 265 g/mol. The van der Waals surface area contributed by atoms with E-state index in [4.69, 9.17) is 9.15 Å². The van der Waals surface area contributed by atoms with Crippen LogP contribution in [-0.4, -0.2) is 18.8 Å². The average Bonchev–Trinajstić information content (AvgIpc) is 2.69. The van der Waals surface area contributed by atoms with Gasteiger partial charge >= 0.3 is 0 Å². The molecule has 3 unspecified atom stereocenters. The zero-order chi connectivity index (χ0) is 14.0. The van der Waals surface area contributed by atoms with Crippen molar-refractivity contribution in [2.75, 3.05) is 6.61 Å². The van der Waals surface area contributed by atoms with Crippen LogP contribution in [0.15, 0.2) is 10.5 Å². The summed E-state index contributed by atoms with van der Waals surface area (Å²) in [6.45, 7) is 11.6. The number of rotatable bonds is 4. The fourth-order valence-electron chi connectivity index (χ4n) is 2.97. The van der Waals surface area contributed by atoms with Crippen LogP contribution < -0.4 is 5.32 Å². The molecule has 0 aliphatic carbocycles. The van der Waals surface area contributed by atoms with Gasteiger partial charge in [0.15, 0.2) is 0 Å². The molecule has 2 heterocycles. The minimum atomic E-state index is 0.341. The number of nitrogens with one attached hydrogen (secondary N) is 1. The number of ether oxygens (including phenoxy) is 1. The Labute approximate surface area is 116 Å². The van der Waals surface area contributed by atoms with Crippen LogP contribution in [0.5, 0.6) is 0 Å². The zero-order valence-electron chi connectivity index (χ0n) is 12.8. The van der Waals surface area contributed by atoms with Crippen LogP contribution in [0.1, 0.15) is 56.7 Å². The molecule has 3 heteroatoms. The fraction of sp³-hybridized carbons (Fsp3) is 0.750. The Hall–Kier alpha value is -0.800. The first-order valence-corrected chi connectivity index (χ1v) is 7.42. The molecule has 1 fully saturated rings. The fourth-order valence-corrected chi connectivity index (χ4v) is 2.97. The van der Waals surface area contributed by atoms with E-state index in [0.29, 0.717) is 24.1 Å². The lowest BCUT2D eigenvalue weighted by Crippen LogP contribution is -2.41. The molecule has 0 radical (unpaired) electrons. The van der Waals surface area contributed by atoms with Gasteiger partial charge in [0.1, 0.15) is 11.5 Å². The molecular formula is C16H27NO2. The minimum Gasteiger partial charge on any atom is -0.466 e. The second kappa shape index (κ2) is 6.10. The predicted octanol–water partition coefficient (Wildman–Crippen LogP) is 3.75. The zero-order valence-corrected chi connectivity index (χ0v) is 12.8. The molecule has 3 nitrogen and oxygen atoms in total. The highest BCUT2D eigenvalue weighted by molar-refractivity contribution is 5.23. The Kier molecular flexibility index (Phi) is 4.69. The summed E-state index contributed by atoms with van der Waals surface area (Å²) in [4.78, 5) is 0. The molecule has 1 aromatic rings. The van der Waals surface area contributed by atoms with E-state index in [2.05, 4.69) is 32.2 Å². The van der Waals surface area contributed by atoms with Crippen molar-refractivity contribution in [3.05, 3.63) is 23.2 Å². The smallest absolute Gasteiger partial charge is 0.105 e. The van der Waals surface area contributed by atoms with Crippen LogP contribution in [0.3, 0.4) is 0 Å². The lowest BCUT2D eigenvalue weighted by Gasteiger charge is -2.34. The molecule has 0 spiro atoms. The standard InChI is InChI=1S/C16H27NO2/c1-10(2)16-9-14(6-7-18-16)17-12(4)15-8-11(3)19-13(15)5/h8,10,12,14,16-17H,6-7,9H2,1-5H3. The SMILES string of the molecule is Cc1cc(C(C)NC2CCOC(C(C)C)C2)c(C)o1. The molecule has 1 aliphatic heterocycles. The van der Waals surface area contributed by atoms with Gasteiger partial charge in [-0.3, -0.25) is 0 Å². The lowest BCUT2D eigenvalue weighted by molar-refractivity contribution is -0.0257. The van der Waals surface area contributed by atoms with Gasteiger partial charge in [-0.1, -0.05) is 13.8 Å². The summed E-state index contributed by atoms with van der Waals surface area (Å²) in [5.74, 6) is 2.62. The Bertz CT molecular complexity index is 411. The normalized spacial score (nSPS) is 25.8. The molecule has 1 N–H and O–H groups in total. The molecular weight excluding hydrogens is 238 g/mol. The Morgan fingerprint density at radius 3 is 2.58 bits per heavy atom. The molecule has 19 heavy (non-hydrogen) atoms. The predicted molar refractivity (Wildman–Crippen MR) is 77.3 cm³/mol. The first-order chi connectivity index (χ1) is 8.97. The van der Waals surface area contributed by atoms with E-state index >= 15 is 0 Å². The van der Waals surface area contributed by atoms with E-state index in [0.717, 1.165) is 31.0 Å².